The Hall–Kier alpha value is -3.85. The quantitative estimate of drug-likeness (QED) is 0.315. The van der Waals surface area contributed by atoms with E-state index in [9.17, 15) is 4.79 Å². The predicted octanol–water partition coefficient (Wildman–Crippen LogP) is 5.37. The van der Waals surface area contributed by atoms with Gasteiger partial charge in [0, 0.05) is 59.2 Å². The van der Waals surface area contributed by atoms with E-state index in [4.69, 9.17) is 18.9 Å². The summed E-state index contributed by atoms with van der Waals surface area (Å²) in [6.45, 7) is 5.38. The summed E-state index contributed by atoms with van der Waals surface area (Å²) in [6, 6.07) is 10.4. The van der Waals surface area contributed by atoms with Gasteiger partial charge in [0.15, 0.2) is 23.1 Å². The number of hydrogen-bond acceptors (Lipinski definition) is 6. The van der Waals surface area contributed by atoms with Crippen molar-refractivity contribution >= 4 is 27.7 Å². The number of carbonyl (C=O) groups excluding carboxylic acids is 1. The van der Waals surface area contributed by atoms with Crippen LogP contribution in [0.5, 0.6) is 23.0 Å². The minimum Gasteiger partial charge on any atom is -0.493 e. The summed E-state index contributed by atoms with van der Waals surface area (Å²) in [6.07, 6.45) is 3.66. The maximum absolute atomic E-state index is 15.1. The highest BCUT2D eigenvalue weighted by molar-refractivity contribution is 5.89. The first-order chi connectivity index (χ1) is 18.4. The van der Waals surface area contributed by atoms with Gasteiger partial charge in [-0.3, -0.25) is 9.78 Å². The van der Waals surface area contributed by atoms with Crippen molar-refractivity contribution in [3.05, 3.63) is 54.1 Å². The average Bonchev–Trinajstić information content (AvgIpc) is 3.52. The molecule has 0 aliphatic carbocycles. The Balaban J connectivity index is 1.14. The van der Waals surface area contributed by atoms with Crippen LogP contribution in [0.15, 0.2) is 42.6 Å². The Morgan fingerprint density at radius 2 is 2.00 bits per heavy atom. The molecule has 2 aliphatic rings. The molecule has 38 heavy (non-hydrogen) atoms. The Kier molecular flexibility index (Phi) is 6.31. The number of amides is 1. The second-order valence-electron chi connectivity index (χ2n) is 10.2. The number of fused-ring (bicyclic) bond motifs is 2. The van der Waals surface area contributed by atoms with Crippen LogP contribution in [0.2, 0.25) is 0 Å². The molecule has 6 rings (SSSR count). The molecule has 2 aromatic heterocycles. The van der Waals surface area contributed by atoms with Gasteiger partial charge in [0.2, 0.25) is 5.91 Å². The molecule has 2 aliphatic heterocycles. The van der Waals surface area contributed by atoms with Crippen molar-refractivity contribution in [1.82, 2.24) is 14.9 Å². The molecule has 8 nitrogen and oxygen atoms in total. The lowest BCUT2D eigenvalue weighted by Crippen LogP contribution is -2.45. The number of methoxy groups -OCH3 is 1. The van der Waals surface area contributed by atoms with Gasteiger partial charge in [-0.25, -0.2) is 4.39 Å². The van der Waals surface area contributed by atoms with E-state index < -0.39 is 5.82 Å². The molecule has 9 heteroatoms. The SMILES string of the molecule is COc1cc2c(Oc3ccc4[nH]c(C)cc4c3F)ccnc2cc1OCCCC(=O)N1CCC2(COC2)C1. The van der Waals surface area contributed by atoms with Gasteiger partial charge in [0.1, 0.15) is 5.75 Å². The average molecular weight is 520 g/mol. The second kappa shape index (κ2) is 9.79. The predicted molar refractivity (Wildman–Crippen MR) is 141 cm³/mol. The molecule has 1 spiro atoms. The Labute approximate surface area is 219 Å². The number of carbonyl (C=O) groups is 1. The van der Waals surface area contributed by atoms with E-state index in [0.717, 1.165) is 43.9 Å². The molecule has 4 heterocycles. The minimum absolute atomic E-state index is 0.127. The van der Waals surface area contributed by atoms with Crippen LogP contribution in [0.4, 0.5) is 4.39 Å². The molecule has 198 valence electrons. The number of halogens is 1. The van der Waals surface area contributed by atoms with Gasteiger partial charge in [0.25, 0.3) is 0 Å². The number of benzene rings is 2. The zero-order valence-electron chi connectivity index (χ0n) is 21.5. The molecule has 2 saturated heterocycles. The topological polar surface area (TPSA) is 85.9 Å². The third-order valence-corrected chi connectivity index (χ3v) is 7.44. The van der Waals surface area contributed by atoms with Crippen molar-refractivity contribution in [3.63, 3.8) is 0 Å². The number of nitrogens with zero attached hydrogens (tertiary/aromatic N) is 2. The fourth-order valence-corrected chi connectivity index (χ4v) is 5.31. The van der Waals surface area contributed by atoms with Gasteiger partial charge in [-0.1, -0.05) is 0 Å². The lowest BCUT2D eigenvalue weighted by Gasteiger charge is -2.37. The van der Waals surface area contributed by atoms with E-state index in [-0.39, 0.29) is 17.1 Å². The van der Waals surface area contributed by atoms with E-state index in [1.807, 2.05) is 11.8 Å². The van der Waals surface area contributed by atoms with Crippen LogP contribution in [0.1, 0.15) is 25.0 Å². The molecule has 0 bridgehead atoms. The number of aromatic amines is 1. The maximum Gasteiger partial charge on any atom is 0.222 e. The number of aromatic nitrogens is 2. The molecule has 2 fully saturated rings. The van der Waals surface area contributed by atoms with Gasteiger partial charge >= 0.3 is 0 Å². The van der Waals surface area contributed by atoms with Gasteiger partial charge in [-0.15, -0.1) is 0 Å². The highest BCUT2D eigenvalue weighted by Gasteiger charge is 2.45. The Morgan fingerprint density at radius 3 is 2.76 bits per heavy atom. The van der Waals surface area contributed by atoms with Gasteiger partial charge in [0.05, 0.1) is 32.4 Å². The summed E-state index contributed by atoms with van der Waals surface area (Å²) < 4.78 is 38.0. The molecule has 0 atom stereocenters. The molecule has 0 saturated carbocycles. The molecule has 2 aromatic carbocycles. The first-order valence-corrected chi connectivity index (χ1v) is 12.9. The number of H-pyrrole nitrogens is 1. The summed E-state index contributed by atoms with van der Waals surface area (Å²) in [4.78, 5) is 22.1. The van der Waals surface area contributed by atoms with Crippen molar-refractivity contribution in [1.29, 1.82) is 0 Å². The molecule has 0 unspecified atom stereocenters. The number of pyridine rings is 1. The first kappa shape index (κ1) is 24.5. The molecule has 4 aromatic rings. The molecule has 0 radical (unpaired) electrons. The van der Waals surface area contributed by atoms with Crippen LogP contribution in [0.3, 0.4) is 0 Å². The van der Waals surface area contributed by atoms with Crippen molar-refractivity contribution < 1.29 is 28.1 Å². The lowest BCUT2D eigenvalue weighted by atomic mass is 9.85. The highest BCUT2D eigenvalue weighted by Crippen LogP contribution is 2.39. The number of likely N-dealkylation sites (tertiary alicyclic amines) is 1. The van der Waals surface area contributed by atoms with Gasteiger partial charge < -0.3 is 28.8 Å². The number of hydrogen-bond donors (Lipinski definition) is 1. The molecular weight excluding hydrogens is 489 g/mol. The van der Waals surface area contributed by atoms with E-state index in [0.29, 0.717) is 53.0 Å². The van der Waals surface area contributed by atoms with E-state index >= 15 is 4.39 Å². The van der Waals surface area contributed by atoms with Crippen LogP contribution in [0, 0.1) is 18.2 Å². The monoisotopic (exact) mass is 519 g/mol. The molecule has 1 N–H and O–H groups in total. The summed E-state index contributed by atoms with van der Waals surface area (Å²) >= 11 is 0. The third kappa shape index (κ3) is 4.51. The van der Waals surface area contributed by atoms with Crippen molar-refractivity contribution in [2.45, 2.75) is 26.2 Å². The van der Waals surface area contributed by atoms with Crippen LogP contribution >= 0.6 is 0 Å². The van der Waals surface area contributed by atoms with Crippen LogP contribution in [-0.4, -0.2) is 60.8 Å². The van der Waals surface area contributed by atoms with Crippen LogP contribution in [0.25, 0.3) is 21.8 Å². The zero-order valence-corrected chi connectivity index (χ0v) is 21.5. The maximum atomic E-state index is 15.1. The van der Waals surface area contributed by atoms with Gasteiger partial charge in [-0.2, -0.15) is 0 Å². The Morgan fingerprint density at radius 1 is 1.13 bits per heavy atom. The van der Waals surface area contributed by atoms with Crippen molar-refractivity contribution in [2.75, 3.05) is 40.0 Å². The van der Waals surface area contributed by atoms with Gasteiger partial charge in [-0.05, 0) is 50.1 Å². The normalized spacial score (nSPS) is 16.2. The highest BCUT2D eigenvalue weighted by atomic mass is 19.1. The van der Waals surface area contributed by atoms with E-state index in [1.165, 1.54) is 0 Å². The van der Waals surface area contributed by atoms with E-state index in [1.54, 1.807) is 49.7 Å². The first-order valence-electron chi connectivity index (χ1n) is 12.9. The zero-order chi connectivity index (χ0) is 26.3. The smallest absolute Gasteiger partial charge is 0.222 e. The standard InChI is InChI=1S/C29H30FN3O5/c1-18-12-20-21(32-18)5-6-24(28(20)30)38-23-7-9-31-22-14-26(25(35-2)13-19(22)23)37-11-3-4-27(34)33-10-8-29(15-33)16-36-17-29/h5-7,9,12-14,32H,3-4,8,10-11,15-17H2,1-2H3. The summed E-state index contributed by atoms with van der Waals surface area (Å²) in [7, 11) is 1.56. The fraction of sp³-hybridized carbons (Fsp3) is 0.379. The largest absolute Gasteiger partial charge is 0.493 e. The summed E-state index contributed by atoms with van der Waals surface area (Å²) in [5.74, 6) is 1.34. The van der Waals surface area contributed by atoms with Crippen LogP contribution in [-0.2, 0) is 9.53 Å². The lowest BCUT2D eigenvalue weighted by molar-refractivity contribution is -0.135. The number of rotatable bonds is 8. The van der Waals surface area contributed by atoms with Crippen molar-refractivity contribution in [2.24, 2.45) is 5.41 Å². The third-order valence-electron chi connectivity index (χ3n) is 7.44. The number of ether oxygens (including phenoxy) is 4. The number of aryl methyl sites for hydroxylation is 1. The second-order valence-corrected chi connectivity index (χ2v) is 10.2. The Bertz CT molecular complexity index is 1510. The molecule has 1 amide bonds. The molecular formula is C29H30FN3O5. The fourth-order valence-electron chi connectivity index (χ4n) is 5.31. The minimum atomic E-state index is -0.427. The van der Waals surface area contributed by atoms with Crippen molar-refractivity contribution in [3.8, 4) is 23.0 Å². The number of nitrogens with one attached hydrogen (secondary N) is 1. The van der Waals surface area contributed by atoms with Crippen LogP contribution < -0.4 is 14.2 Å². The summed E-state index contributed by atoms with van der Waals surface area (Å²) in [5.41, 5.74) is 2.41. The van der Waals surface area contributed by atoms with E-state index in [2.05, 4.69) is 9.97 Å². The summed E-state index contributed by atoms with van der Waals surface area (Å²) in [5, 5.41) is 1.14.